The van der Waals surface area contributed by atoms with Crippen LogP contribution in [0.3, 0.4) is 0 Å². The number of benzene rings is 2. The molecule has 0 spiro atoms. The van der Waals surface area contributed by atoms with Gasteiger partial charge in [0.1, 0.15) is 0 Å². The zero-order valence-electron chi connectivity index (χ0n) is 18.8. The Labute approximate surface area is 186 Å². The summed E-state index contributed by atoms with van der Waals surface area (Å²) >= 11 is 0. The van der Waals surface area contributed by atoms with Crippen molar-refractivity contribution in [2.24, 2.45) is 5.92 Å². The molecule has 6 nitrogen and oxygen atoms in total. The molecule has 0 atom stereocenters. The third-order valence-electron chi connectivity index (χ3n) is 5.91. The summed E-state index contributed by atoms with van der Waals surface area (Å²) in [7, 11) is 0.247. The number of rotatable bonds is 10. The Hall–Kier alpha value is -2.09. The van der Waals surface area contributed by atoms with Crippen LogP contribution in [0.2, 0.25) is 0 Å². The number of ether oxygens (including phenoxy) is 2. The van der Waals surface area contributed by atoms with Gasteiger partial charge >= 0.3 is 0 Å². The molecule has 0 aromatic heterocycles. The Morgan fingerprint density at radius 2 is 1.68 bits per heavy atom. The molecule has 0 amide bonds. The summed E-state index contributed by atoms with van der Waals surface area (Å²) in [6, 6.07) is 14.7. The van der Waals surface area contributed by atoms with Gasteiger partial charge in [0.25, 0.3) is 0 Å². The van der Waals surface area contributed by atoms with E-state index in [1.54, 1.807) is 14.2 Å². The fourth-order valence-corrected chi connectivity index (χ4v) is 4.70. The molecular weight excluding hydrogens is 412 g/mol. The van der Waals surface area contributed by atoms with Gasteiger partial charge in [0.05, 0.1) is 20.5 Å². The van der Waals surface area contributed by atoms with E-state index >= 15 is 0 Å². The Morgan fingerprint density at radius 1 is 1.00 bits per heavy atom. The minimum absolute atomic E-state index is 0.439. The zero-order chi connectivity index (χ0) is 22.3. The first-order chi connectivity index (χ1) is 14.9. The minimum Gasteiger partial charge on any atom is -0.493 e. The molecule has 1 N–H and O–H groups in total. The van der Waals surface area contributed by atoms with Crippen molar-refractivity contribution in [1.82, 2.24) is 9.62 Å². The van der Waals surface area contributed by atoms with Crippen molar-refractivity contribution < 1.29 is 17.9 Å². The van der Waals surface area contributed by atoms with Crippen LogP contribution in [0.1, 0.15) is 29.5 Å². The van der Waals surface area contributed by atoms with Gasteiger partial charge in [-0.3, -0.25) is 4.90 Å². The molecule has 0 aliphatic carbocycles. The average molecular weight is 447 g/mol. The molecule has 3 rings (SSSR count). The van der Waals surface area contributed by atoms with Gasteiger partial charge in [0, 0.05) is 18.7 Å². The number of nitrogens with zero attached hydrogens (tertiary/aromatic N) is 1. The van der Waals surface area contributed by atoms with Crippen molar-refractivity contribution in [3.8, 4) is 11.5 Å². The predicted octanol–water partition coefficient (Wildman–Crippen LogP) is 3.25. The monoisotopic (exact) mass is 446 g/mol. The van der Waals surface area contributed by atoms with Gasteiger partial charge in [-0.15, -0.1) is 0 Å². The maximum atomic E-state index is 11.2. The number of piperidine rings is 1. The average Bonchev–Trinajstić information content (AvgIpc) is 2.75. The lowest BCUT2D eigenvalue weighted by molar-refractivity contribution is 0.175. The quantitative estimate of drug-likeness (QED) is 0.607. The summed E-state index contributed by atoms with van der Waals surface area (Å²) in [5.41, 5.74) is 3.68. The van der Waals surface area contributed by atoms with Crippen molar-refractivity contribution >= 4 is 10.0 Å². The number of methoxy groups -OCH3 is 2. The fourth-order valence-electron chi connectivity index (χ4n) is 4.22. The topological polar surface area (TPSA) is 67.9 Å². The molecule has 1 saturated heterocycles. The second-order valence-corrected chi connectivity index (χ2v) is 10.1. The summed E-state index contributed by atoms with van der Waals surface area (Å²) in [6.45, 7) is 3.48. The smallest absolute Gasteiger partial charge is 0.208 e. The van der Waals surface area contributed by atoms with E-state index in [9.17, 15) is 8.42 Å². The number of hydrogen-bond donors (Lipinski definition) is 1. The molecule has 7 heteroatoms. The number of likely N-dealkylation sites (tertiary alicyclic amines) is 1. The van der Waals surface area contributed by atoms with E-state index in [4.69, 9.17) is 9.47 Å². The van der Waals surface area contributed by atoms with Gasteiger partial charge < -0.3 is 9.47 Å². The lowest BCUT2D eigenvalue weighted by Crippen LogP contribution is -2.34. The molecule has 31 heavy (non-hydrogen) atoms. The molecule has 2 aromatic rings. The summed E-state index contributed by atoms with van der Waals surface area (Å²) in [4.78, 5) is 2.49. The lowest BCUT2D eigenvalue weighted by atomic mass is 9.89. The fraction of sp³-hybridized carbons (Fsp3) is 0.500. The molecule has 0 radical (unpaired) electrons. The zero-order valence-corrected chi connectivity index (χ0v) is 19.6. The largest absolute Gasteiger partial charge is 0.493 e. The first kappa shape index (κ1) is 23.6. The standard InChI is InChI=1S/C24H34N2O4S/c1-29-23-6-4-5-22(24(23)30-2)18-26-15-12-21(13-16-26)17-20-9-7-19(8-10-20)11-14-25-31(3,27)28/h4-10,21,25H,11-18H2,1-3H3. The van der Waals surface area contributed by atoms with Gasteiger partial charge in [-0.1, -0.05) is 36.4 Å². The number of nitrogens with one attached hydrogen (secondary N) is 1. The molecule has 1 fully saturated rings. The van der Waals surface area contributed by atoms with Crippen molar-refractivity contribution in [2.75, 3.05) is 40.1 Å². The van der Waals surface area contributed by atoms with Crippen LogP contribution in [-0.2, 0) is 29.4 Å². The summed E-state index contributed by atoms with van der Waals surface area (Å²) < 4.78 is 35.8. The second kappa shape index (κ2) is 11.0. The number of para-hydroxylation sites is 1. The molecule has 0 bridgehead atoms. The van der Waals surface area contributed by atoms with Crippen LogP contribution in [0, 0.1) is 5.92 Å². The number of sulfonamides is 1. The second-order valence-electron chi connectivity index (χ2n) is 8.31. The molecule has 170 valence electrons. The van der Waals surface area contributed by atoms with Gasteiger partial charge in [-0.2, -0.15) is 0 Å². The van der Waals surface area contributed by atoms with Crippen LogP contribution >= 0.6 is 0 Å². The van der Waals surface area contributed by atoms with E-state index in [2.05, 4.69) is 40.0 Å². The lowest BCUT2D eigenvalue weighted by Gasteiger charge is -2.32. The summed E-state index contributed by atoms with van der Waals surface area (Å²) in [5, 5.41) is 0. The van der Waals surface area contributed by atoms with E-state index in [0.29, 0.717) is 18.9 Å². The molecule has 2 aromatic carbocycles. The third-order valence-corrected chi connectivity index (χ3v) is 6.64. The minimum atomic E-state index is -3.12. The van der Waals surface area contributed by atoms with Crippen LogP contribution in [0.5, 0.6) is 11.5 Å². The van der Waals surface area contributed by atoms with Crippen LogP contribution in [0.15, 0.2) is 42.5 Å². The van der Waals surface area contributed by atoms with Gasteiger partial charge in [0.2, 0.25) is 10.0 Å². The Kier molecular flexibility index (Phi) is 8.35. The Balaban J connectivity index is 1.46. The van der Waals surface area contributed by atoms with Crippen molar-refractivity contribution in [3.63, 3.8) is 0 Å². The van der Waals surface area contributed by atoms with E-state index in [-0.39, 0.29) is 0 Å². The molecule has 0 unspecified atom stereocenters. The first-order valence-corrected chi connectivity index (χ1v) is 12.7. The molecule has 0 saturated carbocycles. The van der Waals surface area contributed by atoms with Gasteiger partial charge in [-0.25, -0.2) is 13.1 Å². The third kappa shape index (κ3) is 7.23. The summed E-state index contributed by atoms with van der Waals surface area (Å²) in [5.74, 6) is 2.31. The highest BCUT2D eigenvalue weighted by Crippen LogP contribution is 2.32. The van der Waals surface area contributed by atoms with E-state index in [1.165, 1.54) is 30.2 Å². The van der Waals surface area contributed by atoms with Gasteiger partial charge in [0.15, 0.2) is 11.5 Å². The van der Waals surface area contributed by atoms with Crippen molar-refractivity contribution in [1.29, 1.82) is 0 Å². The molecule has 1 heterocycles. The van der Waals surface area contributed by atoms with E-state index in [1.807, 2.05) is 12.1 Å². The molecule has 1 aliphatic heterocycles. The normalized spacial score (nSPS) is 15.7. The Bertz CT molecular complexity index is 937. The van der Waals surface area contributed by atoms with Crippen molar-refractivity contribution in [3.05, 3.63) is 59.2 Å². The highest BCUT2D eigenvalue weighted by atomic mass is 32.2. The van der Waals surface area contributed by atoms with Crippen LogP contribution in [0.4, 0.5) is 0 Å². The van der Waals surface area contributed by atoms with Gasteiger partial charge in [-0.05, 0) is 61.9 Å². The van der Waals surface area contributed by atoms with E-state index in [0.717, 1.165) is 43.1 Å². The van der Waals surface area contributed by atoms with Crippen LogP contribution in [-0.4, -0.2) is 53.4 Å². The van der Waals surface area contributed by atoms with Crippen LogP contribution < -0.4 is 14.2 Å². The van der Waals surface area contributed by atoms with E-state index < -0.39 is 10.0 Å². The first-order valence-electron chi connectivity index (χ1n) is 10.8. The molecule has 1 aliphatic rings. The number of hydrogen-bond acceptors (Lipinski definition) is 5. The summed E-state index contributed by atoms with van der Waals surface area (Å²) in [6.07, 6.45) is 5.37. The van der Waals surface area contributed by atoms with Crippen molar-refractivity contribution in [2.45, 2.75) is 32.2 Å². The highest BCUT2D eigenvalue weighted by molar-refractivity contribution is 7.88. The SMILES string of the molecule is COc1cccc(CN2CCC(Cc3ccc(CCNS(C)(=O)=O)cc3)CC2)c1OC. The highest BCUT2D eigenvalue weighted by Gasteiger charge is 2.21. The predicted molar refractivity (Wildman–Crippen MR) is 124 cm³/mol. The Morgan fingerprint density at radius 3 is 2.29 bits per heavy atom. The van der Waals surface area contributed by atoms with Crippen LogP contribution in [0.25, 0.3) is 0 Å². The molecular formula is C24H34N2O4S. The maximum Gasteiger partial charge on any atom is 0.208 e. The maximum absolute atomic E-state index is 11.2.